The quantitative estimate of drug-likeness (QED) is 0.478. The van der Waals surface area contributed by atoms with Crippen molar-refractivity contribution in [2.24, 2.45) is 0 Å². The average Bonchev–Trinajstić information content (AvgIpc) is 3.39. The molecule has 0 saturated carbocycles. The van der Waals surface area contributed by atoms with E-state index in [1.165, 1.54) is 20.7 Å². The van der Waals surface area contributed by atoms with Gasteiger partial charge in [0, 0.05) is 38.4 Å². The Labute approximate surface area is 240 Å². The Bertz CT molecular complexity index is 1540. The summed E-state index contributed by atoms with van der Waals surface area (Å²) in [4.78, 5) is 29.5. The average molecular weight is 607 g/mol. The van der Waals surface area contributed by atoms with E-state index in [0.29, 0.717) is 24.6 Å². The number of nitrogens with zero attached hydrogens (tertiary/aromatic N) is 5. The van der Waals surface area contributed by atoms with Gasteiger partial charge in [0.05, 0.1) is 36.4 Å². The molecule has 1 aromatic heterocycles. The Hall–Kier alpha value is -3.95. The number of piperazine rings is 1. The number of aromatic nitrogens is 2. The van der Waals surface area contributed by atoms with E-state index in [1.54, 1.807) is 31.2 Å². The lowest BCUT2D eigenvalue weighted by atomic mass is 10.1. The number of alkyl halides is 3. The molecule has 2 saturated heterocycles. The zero-order chi connectivity index (χ0) is 30.1. The van der Waals surface area contributed by atoms with Crippen molar-refractivity contribution < 1.29 is 35.9 Å². The molecule has 0 radical (unpaired) electrons. The first-order chi connectivity index (χ1) is 20.0. The predicted molar refractivity (Wildman–Crippen MR) is 145 cm³/mol. The number of hydrogen-bond acceptors (Lipinski definition) is 6. The van der Waals surface area contributed by atoms with Gasteiger partial charge in [0.1, 0.15) is 10.9 Å². The highest BCUT2D eigenvalue weighted by molar-refractivity contribution is 7.89. The van der Waals surface area contributed by atoms with Gasteiger partial charge in [-0.25, -0.2) is 17.9 Å². The number of carbonyl (C=O) groups is 2. The van der Waals surface area contributed by atoms with Crippen molar-refractivity contribution in [3.8, 4) is 5.69 Å². The summed E-state index contributed by atoms with van der Waals surface area (Å²) in [6.45, 7) is 2.27. The zero-order valence-electron chi connectivity index (χ0n) is 22.6. The SMILES string of the molecule is Cc1c(S(=O)(=O)N2CCN(C(=O)Nc3ccc(C(F)(F)F)cc3)CC2C(=O)N2CCOCC2)cnn1-c1ccccc1. The van der Waals surface area contributed by atoms with Gasteiger partial charge >= 0.3 is 12.2 Å². The Morgan fingerprint density at radius 2 is 1.62 bits per heavy atom. The summed E-state index contributed by atoms with van der Waals surface area (Å²) in [6.07, 6.45) is -3.27. The number of urea groups is 1. The van der Waals surface area contributed by atoms with E-state index in [9.17, 15) is 31.2 Å². The third-order valence-electron chi connectivity index (χ3n) is 7.24. The van der Waals surface area contributed by atoms with Crippen LogP contribution in [0, 0.1) is 6.92 Å². The highest BCUT2D eigenvalue weighted by atomic mass is 32.2. The highest BCUT2D eigenvalue weighted by Crippen LogP contribution is 2.30. The number of carbonyl (C=O) groups excluding carboxylic acids is 2. The molecule has 0 aliphatic carbocycles. The lowest BCUT2D eigenvalue weighted by molar-refractivity contribution is -0.140. The van der Waals surface area contributed by atoms with Gasteiger partial charge in [0.2, 0.25) is 15.9 Å². The number of anilines is 1. The van der Waals surface area contributed by atoms with Crippen LogP contribution in [0.5, 0.6) is 0 Å². The number of amides is 3. The van der Waals surface area contributed by atoms with Crippen molar-refractivity contribution in [2.45, 2.75) is 24.0 Å². The Morgan fingerprint density at radius 3 is 2.26 bits per heavy atom. The Morgan fingerprint density at radius 1 is 0.952 bits per heavy atom. The van der Waals surface area contributed by atoms with Crippen molar-refractivity contribution in [3.05, 3.63) is 72.1 Å². The molecule has 1 N–H and O–H groups in total. The van der Waals surface area contributed by atoms with Gasteiger partial charge in [0.25, 0.3) is 0 Å². The monoisotopic (exact) mass is 606 g/mol. The number of ether oxygens (including phenoxy) is 1. The highest BCUT2D eigenvalue weighted by Gasteiger charge is 2.44. The predicted octanol–water partition coefficient (Wildman–Crippen LogP) is 2.97. The standard InChI is InChI=1S/C27H29F3N6O5S/c1-19-24(17-31-36(19)22-5-3-2-4-6-22)42(39,40)35-12-11-34(18-23(35)25(37)33-13-15-41-16-14-33)26(38)32-21-9-7-20(8-10-21)27(28,29)30/h2-10,17,23H,11-16,18H2,1H3,(H,32,38). The van der Waals surface area contributed by atoms with Crippen molar-refractivity contribution in [1.82, 2.24) is 23.9 Å². The van der Waals surface area contributed by atoms with Crippen molar-refractivity contribution in [3.63, 3.8) is 0 Å². The number of hydrogen-bond donors (Lipinski definition) is 1. The normalized spacial score (nSPS) is 18.6. The summed E-state index contributed by atoms with van der Waals surface area (Å²) in [5, 5.41) is 6.81. The lowest BCUT2D eigenvalue weighted by Crippen LogP contribution is -2.63. The maximum Gasteiger partial charge on any atom is 0.416 e. The maximum atomic E-state index is 14.0. The Kier molecular flexibility index (Phi) is 8.25. The first-order valence-electron chi connectivity index (χ1n) is 13.2. The van der Waals surface area contributed by atoms with Gasteiger partial charge in [-0.05, 0) is 43.3 Å². The molecule has 1 atom stereocenters. The fourth-order valence-electron chi connectivity index (χ4n) is 4.98. The molecule has 42 heavy (non-hydrogen) atoms. The minimum absolute atomic E-state index is 0.0511. The van der Waals surface area contributed by atoms with Crippen LogP contribution in [0.2, 0.25) is 0 Å². The molecule has 3 aromatic rings. The maximum absolute atomic E-state index is 14.0. The van der Waals surface area contributed by atoms with Crippen LogP contribution in [0.15, 0.2) is 65.7 Å². The van der Waals surface area contributed by atoms with E-state index in [2.05, 4.69) is 10.4 Å². The molecule has 2 aliphatic heterocycles. The van der Waals surface area contributed by atoms with E-state index in [4.69, 9.17) is 4.74 Å². The summed E-state index contributed by atoms with van der Waals surface area (Å²) in [7, 11) is -4.23. The smallest absolute Gasteiger partial charge is 0.378 e. The molecular formula is C27H29F3N6O5S. The third-order valence-corrected chi connectivity index (χ3v) is 9.25. The largest absolute Gasteiger partial charge is 0.416 e. The van der Waals surface area contributed by atoms with E-state index in [-0.39, 0.29) is 43.3 Å². The number of rotatable bonds is 5. The number of nitrogens with one attached hydrogen (secondary N) is 1. The van der Waals surface area contributed by atoms with Crippen LogP contribution in [0.1, 0.15) is 11.3 Å². The second-order valence-corrected chi connectivity index (χ2v) is 11.7. The van der Waals surface area contributed by atoms with Crippen LogP contribution in [-0.4, -0.2) is 96.2 Å². The zero-order valence-corrected chi connectivity index (χ0v) is 23.4. The van der Waals surface area contributed by atoms with Gasteiger partial charge in [-0.15, -0.1) is 0 Å². The summed E-state index contributed by atoms with van der Waals surface area (Å²) in [5.41, 5.74) is 0.299. The van der Waals surface area contributed by atoms with E-state index in [1.807, 2.05) is 6.07 Å². The molecular weight excluding hydrogens is 577 g/mol. The summed E-state index contributed by atoms with van der Waals surface area (Å²) in [6, 6.07) is 11.1. The second kappa shape index (κ2) is 11.7. The second-order valence-electron chi connectivity index (χ2n) is 9.86. The van der Waals surface area contributed by atoms with Crippen molar-refractivity contribution in [2.75, 3.05) is 51.3 Å². The number of para-hydroxylation sites is 1. The van der Waals surface area contributed by atoms with Crippen LogP contribution >= 0.6 is 0 Å². The Balaban J connectivity index is 1.40. The first kappa shape index (κ1) is 29.5. The summed E-state index contributed by atoms with van der Waals surface area (Å²) >= 11 is 0. The van der Waals surface area contributed by atoms with Crippen LogP contribution in [0.4, 0.5) is 23.7 Å². The summed E-state index contributed by atoms with van der Waals surface area (Å²) in [5.74, 6) is -0.470. The lowest BCUT2D eigenvalue weighted by Gasteiger charge is -2.41. The molecule has 0 bridgehead atoms. The van der Waals surface area contributed by atoms with Gasteiger partial charge < -0.3 is 19.9 Å². The van der Waals surface area contributed by atoms with Gasteiger partial charge in [-0.3, -0.25) is 4.79 Å². The number of sulfonamides is 1. The van der Waals surface area contributed by atoms with E-state index in [0.717, 1.165) is 28.6 Å². The van der Waals surface area contributed by atoms with E-state index < -0.39 is 39.7 Å². The molecule has 3 amide bonds. The molecule has 1 unspecified atom stereocenters. The van der Waals surface area contributed by atoms with Gasteiger partial charge in [-0.1, -0.05) is 18.2 Å². The fourth-order valence-corrected chi connectivity index (χ4v) is 6.69. The fraction of sp³-hybridized carbons (Fsp3) is 0.370. The van der Waals surface area contributed by atoms with Crippen molar-refractivity contribution in [1.29, 1.82) is 0 Å². The number of halogens is 3. The first-order valence-corrected chi connectivity index (χ1v) is 14.6. The topological polar surface area (TPSA) is 117 Å². The molecule has 2 aromatic carbocycles. The molecule has 224 valence electrons. The molecule has 3 heterocycles. The minimum Gasteiger partial charge on any atom is -0.378 e. The van der Waals surface area contributed by atoms with Gasteiger partial charge in [-0.2, -0.15) is 22.6 Å². The minimum atomic E-state index is -4.52. The van der Waals surface area contributed by atoms with Crippen LogP contribution < -0.4 is 5.32 Å². The third kappa shape index (κ3) is 5.98. The van der Waals surface area contributed by atoms with Crippen molar-refractivity contribution >= 4 is 27.6 Å². The van der Waals surface area contributed by atoms with E-state index >= 15 is 0 Å². The van der Waals surface area contributed by atoms with Crippen LogP contribution in [-0.2, 0) is 25.7 Å². The van der Waals surface area contributed by atoms with Crippen LogP contribution in [0.25, 0.3) is 5.69 Å². The summed E-state index contributed by atoms with van der Waals surface area (Å²) < 4.78 is 74.7. The molecule has 0 spiro atoms. The number of benzene rings is 2. The van der Waals surface area contributed by atoms with Crippen LogP contribution in [0.3, 0.4) is 0 Å². The molecule has 11 nitrogen and oxygen atoms in total. The van der Waals surface area contributed by atoms with Gasteiger partial charge in [0.15, 0.2) is 0 Å². The molecule has 2 fully saturated rings. The molecule has 2 aliphatic rings. The molecule has 15 heteroatoms. The number of morpholine rings is 1. The molecule has 5 rings (SSSR count).